The van der Waals surface area contributed by atoms with Gasteiger partial charge in [0.25, 0.3) is 0 Å². The number of fused-ring (bicyclic) bond motifs is 4. The maximum absolute atomic E-state index is 12.3. The highest BCUT2D eigenvalue weighted by atomic mass is 32.2. The van der Waals surface area contributed by atoms with Gasteiger partial charge in [0.05, 0.1) is 12.9 Å². The highest BCUT2D eigenvalue weighted by Gasteiger charge is 2.36. The molecule has 3 saturated heterocycles. The summed E-state index contributed by atoms with van der Waals surface area (Å²) in [6, 6.07) is 8.73. The Balaban J connectivity index is 1.65. The minimum atomic E-state index is 0.318. The van der Waals surface area contributed by atoms with Crippen LogP contribution in [-0.4, -0.2) is 60.5 Å². The summed E-state index contributed by atoms with van der Waals surface area (Å²) in [7, 11) is 1.70. The molecule has 5 heteroatoms. The van der Waals surface area contributed by atoms with Crippen molar-refractivity contribution in [2.45, 2.75) is 25.4 Å². The van der Waals surface area contributed by atoms with E-state index in [1.807, 2.05) is 18.4 Å². The van der Waals surface area contributed by atoms with Crippen LogP contribution in [-0.2, 0) is 11.3 Å². The number of carbonyl (C=O) groups excluding carboxylic acids is 1. The predicted molar refractivity (Wildman–Crippen MR) is 94.9 cm³/mol. The molecule has 0 aliphatic carbocycles. The fraction of sp³-hybridized carbons (Fsp3) is 0.611. The fourth-order valence-electron chi connectivity index (χ4n) is 3.81. The van der Waals surface area contributed by atoms with Crippen molar-refractivity contribution in [3.63, 3.8) is 0 Å². The Labute approximate surface area is 143 Å². The number of ether oxygens (including phenoxy) is 1. The van der Waals surface area contributed by atoms with Crippen molar-refractivity contribution in [1.82, 2.24) is 9.80 Å². The predicted octanol–water partition coefficient (Wildman–Crippen LogP) is 2.48. The SMILES string of the molecule is COc1ccc(CN2C[C@@H]3CC[C@H](C2)N(C(=O)CSC)C3)cc1. The maximum Gasteiger partial charge on any atom is 0.232 e. The van der Waals surface area contributed by atoms with Crippen LogP contribution in [0.3, 0.4) is 0 Å². The number of methoxy groups -OCH3 is 1. The summed E-state index contributed by atoms with van der Waals surface area (Å²) in [5, 5.41) is 0. The summed E-state index contributed by atoms with van der Waals surface area (Å²) in [5.74, 6) is 2.46. The van der Waals surface area contributed by atoms with Crippen LogP contribution in [0.1, 0.15) is 18.4 Å². The first-order valence-corrected chi connectivity index (χ1v) is 9.72. The monoisotopic (exact) mass is 334 g/mol. The molecule has 0 unspecified atom stereocenters. The third kappa shape index (κ3) is 4.01. The molecule has 3 heterocycles. The molecule has 2 atom stereocenters. The van der Waals surface area contributed by atoms with Gasteiger partial charge >= 0.3 is 0 Å². The van der Waals surface area contributed by atoms with E-state index in [2.05, 4.69) is 21.9 Å². The molecule has 0 aromatic heterocycles. The summed E-state index contributed by atoms with van der Waals surface area (Å²) in [5.41, 5.74) is 1.31. The summed E-state index contributed by atoms with van der Waals surface area (Å²) in [6.45, 7) is 4.01. The number of thioether (sulfide) groups is 1. The Morgan fingerprint density at radius 2 is 2.00 bits per heavy atom. The third-order valence-electron chi connectivity index (χ3n) is 4.94. The van der Waals surface area contributed by atoms with E-state index in [1.54, 1.807) is 18.9 Å². The van der Waals surface area contributed by atoms with E-state index < -0.39 is 0 Å². The molecule has 0 radical (unpaired) electrons. The van der Waals surface area contributed by atoms with Gasteiger partial charge in [0.1, 0.15) is 5.75 Å². The minimum absolute atomic E-state index is 0.318. The van der Waals surface area contributed by atoms with Crippen molar-refractivity contribution < 1.29 is 9.53 Å². The van der Waals surface area contributed by atoms with E-state index in [-0.39, 0.29) is 0 Å². The lowest BCUT2D eigenvalue weighted by molar-refractivity contribution is -0.132. The van der Waals surface area contributed by atoms with E-state index in [1.165, 1.54) is 12.0 Å². The fourth-order valence-corrected chi connectivity index (χ4v) is 4.22. The van der Waals surface area contributed by atoms with Gasteiger partial charge in [-0.3, -0.25) is 9.69 Å². The molecule has 3 aliphatic heterocycles. The van der Waals surface area contributed by atoms with Crippen LogP contribution < -0.4 is 4.74 Å². The molecule has 1 amide bonds. The molecule has 126 valence electrons. The summed E-state index contributed by atoms with van der Waals surface area (Å²) < 4.78 is 5.23. The Morgan fingerprint density at radius 3 is 2.70 bits per heavy atom. The topological polar surface area (TPSA) is 32.8 Å². The van der Waals surface area contributed by atoms with Crippen molar-refractivity contribution >= 4 is 17.7 Å². The number of rotatable bonds is 5. The molecule has 23 heavy (non-hydrogen) atoms. The summed E-state index contributed by atoms with van der Waals surface area (Å²) in [4.78, 5) is 17.0. The average molecular weight is 334 g/mol. The zero-order valence-electron chi connectivity index (χ0n) is 14.0. The average Bonchev–Trinajstić information content (AvgIpc) is 2.86. The van der Waals surface area contributed by atoms with Crippen molar-refractivity contribution in [2.24, 2.45) is 5.92 Å². The van der Waals surface area contributed by atoms with Crippen LogP contribution in [0.4, 0.5) is 0 Å². The lowest BCUT2D eigenvalue weighted by Crippen LogP contribution is -2.48. The van der Waals surface area contributed by atoms with Crippen LogP contribution in [0.5, 0.6) is 5.75 Å². The van der Waals surface area contributed by atoms with Crippen LogP contribution >= 0.6 is 11.8 Å². The van der Waals surface area contributed by atoms with E-state index in [9.17, 15) is 4.79 Å². The smallest absolute Gasteiger partial charge is 0.232 e. The second kappa shape index (κ2) is 7.58. The van der Waals surface area contributed by atoms with E-state index in [0.29, 0.717) is 23.6 Å². The first-order valence-electron chi connectivity index (χ1n) is 8.33. The summed E-state index contributed by atoms with van der Waals surface area (Å²) in [6.07, 6.45) is 4.42. The van der Waals surface area contributed by atoms with Gasteiger partial charge in [-0.1, -0.05) is 12.1 Å². The van der Waals surface area contributed by atoms with Gasteiger partial charge in [-0.15, -0.1) is 0 Å². The van der Waals surface area contributed by atoms with Crippen LogP contribution in [0.15, 0.2) is 24.3 Å². The number of amides is 1. The number of nitrogens with zero attached hydrogens (tertiary/aromatic N) is 2. The molecule has 4 nitrogen and oxygen atoms in total. The first kappa shape index (κ1) is 16.7. The van der Waals surface area contributed by atoms with Gasteiger partial charge in [-0.05, 0) is 42.7 Å². The highest BCUT2D eigenvalue weighted by molar-refractivity contribution is 7.99. The Bertz CT molecular complexity index is 534. The number of hydrogen-bond acceptors (Lipinski definition) is 4. The van der Waals surface area contributed by atoms with Gasteiger partial charge in [-0.2, -0.15) is 11.8 Å². The molecular formula is C18H26N2O2S. The van der Waals surface area contributed by atoms with Crippen LogP contribution in [0, 0.1) is 5.92 Å². The largest absolute Gasteiger partial charge is 0.497 e. The molecule has 0 saturated carbocycles. The highest BCUT2D eigenvalue weighted by Crippen LogP contribution is 2.29. The quantitative estimate of drug-likeness (QED) is 0.828. The first-order chi connectivity index (χ1) is 11.2. The van der Waals surface area contributed by atoms with Gasteiger partial charge < -0.3 is 9.64 Å². The van der Waals surface area contributed by atoms with Crippen molar-refractivity contribution in [3.8, 4) is 5.75 Å². The van der Waals surface area contributed by atoms with Crippen molar-refractivity contribution in [1.29, 1.82) is 0 Å². The molecule has 3 fully saturated rings. The van der Waals surface area contributed by atoms with Crippen LogP contribution in [0.25, 0.3) is 0 Å². The molecular weight excluding hydrogens is 308 g/mol. The van der Waals surface area contributed by atoms with Gasteiger partial charge in [-0.25, -0.2) is 0 Å². The Kier molecular flexibility index (Phi) is 5.49. The number of benzene rings is 1. The van der Waals surface area contributed by atoms with Gasteiger partial charge in [0, 0.05) is 32.2 Å². The Hall–Kier alpha value is -1.20. The number of hydrogen-bond donors (Lipinski definition) is 0. The molecule has 3 aliphatic rings. The minimum Gasteiger partial charge on any atom is -0.497 e. The third-order valence-corrected chi connectivity index (χ3v) is 5.48. The van der Waals surface area contributed by atoms with E-state index in [4.69, 9.17) is 4.74 Å². The normalized spacial score (nSPS) is 24.5. The zero-order valence-corrected chi connectivity index (χ0v) is 14.8. The lowest BCUT2D eigenvalue weighted by Gasteiger charge is -2.36. The molecule has 0 N–H and O–H groups in total. The molecule has 1 aromatic rings. The standard InChI is InChI=1S/C18H26N2O2S/c1-22-17-7-4-14(5-8-17)9-19-10-15-3-6-16(12-19)20(11-15)18(21)13-23-2/h4-5,7-8,15-16H,3,6,9-13H2,1-2H3/t15-,16+/m0/s1. The number of piperidine rings is 1. The van der Waals surface area contributed by atoms with E-state index in [0.717, 1.165) is 38.3 Å². The lowest BCUT2D eigenvalue weighted by atomic mass is 9.95. The molecule has 4 rings (SSSR count). The second-order valence-corrected chi connectivity index (χ2v) is 7.48. The van der Waals surface area contributed by atoms with Gasteiger partial charge in [0.2, 0.25) is 5.91 Å². The molecule has 1 aromatic carbocycles. The van der Waals surface area contributed by atoms with Crippen LogP contribution in [0.2, 0.25) is 0 Å². The summed E-state index contributed by atoms with van der Waals surface area (Å²) >= 11 is 1.63. The second-order valence-electron chi connectivity index (χ2n) is 6.62. The van der Waals surface area contributed by atoms with Crippen molar-refractivity contribution in [3.05, 3.63) is 29.8 Å². The number of carbonyl (C=O) groups is 1. The van der Waals surface area contributed by atoms with Gasteiger partial charge in [0.15, 0.2) is 0 Å². The van der Waals surface area contributed by atoms with Crippen molar-refractivity contribution in [2.75, 3.05) is 38.8 Å². The molecule has 2 bridgehead atoms. The Morgan fingerprint density at radius 1 is 1.22 bits per heavy atom. The zero-order chi connectivity index (χ0) is 16.2. The maximum atomic E-state index is 12.3. The van der Waals surface area contributed by atoms with E-state index >= 15 is 0 Å². The molecule has 0 spiro atoms.